The van der Waals surface area contributed by atoms with Gasteiger partial charge in [-0.2, -0.15) is 0 Å². The maximum atomic E-state index is 12.1. The summed E-state index contributed by atoms with van der Waals surface area (Å²) in [4.78, 5) is 12.1. The van der Waals surface area contributed by atoms with E-state index in [1.807, 2.05) is 13.8 Å². The summed E-state index contributed by atoms with van der Waals surface area (Å²) < 4.78 is 22.7. The molecular weight excluding hydrogens is 278 g/mol. The molecule has 1 atom stereocenters. The van der Waals surface area contributed by atoms with E-state index in [2.05, 4.69) is 5.32 Å². The lowest BCUT2D eigenvalue weighted by molar-refractivity contribution is 0.0938. The molecule has 6 heteroatoms. The molecule has 20 heavy (non-hydrogen) atoms. The fourth-order valence-electron chi connectivity index (χ4n) is 2.27. The highest BCUT2D eigenvalue weighted by Gasteiger charge is 2.29. The molecule has 1 aliphatic heterocycles. The van der Waals surface area contributed by atoms with Crippen LogP contribution in [0.3, 0.4) is 0 Å². The van der Waals surface area contributed by atoms with Gasteiger partial charge in [-0.05, 0) is 30.0 Å². The van der Waals surface area contributed by atoms with Crippen LogP contribution in [0.15, 0.2) is 18.2 Å². The Morgan fingerprint density at radius 1 is 1.40 bits per heavy atom. The molecule has 1 fully saturated rings. The normalized spacial score (nSPS) is 21.1. The fraction of sp³-hybridized carbons (Fsp3) is 0.500. The summed E-state index contributed by atoms with van der Waals surface area (Å²) in [7, 11) is -3.03. The predicted octanol–water partition coefficient (Wildman–Crippen LogP) is 1.43. The zero-order valence-corrected chi connectivity index (χ0v) is 12.4. The van der Waals surface area contributed by atoms with Crippen molar-refractivity contribution in [3.8, 4) is 5.75 Å². The molecule has 1 amide bonds. The molecule has 0 aliphatic carbocycles. The fourth-order valence-corrected chi connectivity index (χ4v) is 3.94. The third kappa shape index (κ3) is 3.30. The van der Waals surface area contributed by atoms with Crippen molar-refractivity contribution in [1.29, 1.82) is 0 Å². The minimum atomic E-state index is -3.03. The summed E-state index contributed by atoms with van der Waals surface area (Å²) in [5, 5.41) is 12.5. The van der Waals surface area contributed by atoms with Crippen molar-refractivity contribution in [2.24, 2.45) is 0 Å². The summed E-state index contributed by atoms with van der Waals surface area (Å²) in [5.74, 6) is -0.187. The number of rotatable bonds is 3. The molecule has 5 nitrogen and oxygen atoms in total. The Bertz CT molecular complexity index is 622. The van der Waals surface area contributed by atoms with Gasteiger partial charge in [0.1, 0.15) is 5.75 Å². The van der Waals surface area contributed by atoms with Crippen molar-refractivity contribution in [3.05, 3.63) is 29.3 Å². The topological polar surface area (TPSA) is 83.5 Å². The molecular formula is C14H19NO4S. The van der Waals surface area contributed by atoms with Crippen LogP contribution >= 0.6 is 0 Å². The van der Waals surface area contributed by atoms with E-state index in [1.54, 1.807) is 12.1 Å². The number of carbonyl (C=O) groups excluding carboxylic acids is 1. The molecule has 110 valence electrons. The zero-order chi connectivity index (χ0) is 14.9. The second-order valence-corrected chi connectivity index (χ2v) is 7.73. The highest BCUT2D eigenvalue weighted by Crippen LogP contribution is 2.23. The van der Waals surface area contributed by atoms with Crippen LogP contribution in [0.4, 0.5) is 0 Å². The Balaban J connectivity index is 2.15. The average Bonchev–Trinajstić information content (AvgIpc) is 2.68. The van der Waals surface area contributed by atoms with E-state index in [1.165, 1.54) is 6.07 Å². The molecule has 1 saturated heterocycles. The molecule has 1 aliphatic rings. The molecule has 0 bridgehead atoms. The lowest BCUT2D eigenvalue weighted by atomic mass is 10.00. The van der Waals surface area contributed by atoms with E-state index in [-0.39, 0.29) is 34.8 Å². The van der Waals surface area contributed by atoms with Gasteiger partial charge in [-0.1, -0.05) is 19.9 Å². The summed E-state index contributed by atoms with van der Waals surface area (Å²) in [6.07, 6.45) is 0.429. The number of nitrogens with one attached hydrogen (secondary N) is 1. The van der Waals surface area contributed by atoms with Crippen LogP contribution in [-0.2, 0) is 9.84 Å². The first-order valence-corrected chi connectivity index (χ1v) is 8.45. The Labute approximate surface area is 118 Å². The minimum absolute atomic E-state index is 0.0244. The molecule has 0 spiro atoms. The number of hydrogen-bond donors (Lipinski definition) is 2. The maximum Gasteiger partial charge on any atom is 0.255 e. The predicted molar refractivity (Wildman–Crippen MR) is 76.7 cm³/mol. The van der Waals surface area contributed by atoms with Gasteiger partial charge in [0, 0.05) is 6.04 Å². The van der Waals surface area contributed by atoms with Crippen LogP contribution in [0.2, 0.25) is 0 Å². The van der Waals surface area contributed by atoms with Gasteiger partial charge in [0.05, 0.1) is 17.1 Å². The van der Waals surface area contributed by atoms with E-state index >= 15 is 0 Å². The smallest absolute Gasteiger partial charge is 0.255 e. The van der Waals surface area contributed by atoms with Gasteiger partial charge in [-0.15, -0.1) is 0 Å². The van der Waals surface area contributed by atoms with E-state index in [4.69, 9.17) is 0 Å². The van der Waals surface area contributed by atoms with Gasteiger partial charge in [0.2, 0.25) is 0 Å². The Morgan fingerprint density at radius 2 is 2.10 bits per heavy atom. The van der Waals surface area contributed by atoms with Gasteiger partial charge in [-0.25, -0.2) is 8.42 Å². The highest BCUT2D eigenvalue weighted by atomic mass is 32.2. The van der Waals surface area contributed by atoms with Crippen molar-refractivity contribution in [1.82, 2.24) is 5.32 Å². The molecule has 2 N–H and O–H groups in total. The first-order valence-electron chi connectivity index (χ1n) is 6.62. The largest absolute Gasteiger partial charge is 0.507 e. The zero-order valence-electron chi connectivity index (χ0n) is 11.6. The van der Waals surface area contributed by atoms with Crippen LogP contribution in [0.5, 0.6) is 5.75 Å². The summed E-state index contributed by atoms with van der Waals surface area (Å²) in [5.41, 5.74) is 1.15. The lowest BCUT2D eigenvalue weighted by Gasteiger charge is -2.13. The third-order valence-corrected chi connectivity index (χ3v) is 5.27. The van der Waals surface area contributed by atoms with Gasteiger partial charge in [0.25, 0.3) is 5.91 Å². The first kappa shape index (κ1) is 14.8. The van der Waals surface area contributed by atoms with Crippen LogP contribution < -0.4 is 5.32 Å². The van der Waals surface area contributed by atoms with E-state index < -0.39 is 15.7 Å². The van der Waals surface area contributed by atoms with Crippen molar-refractivity contribution in [2.45, 2.75) is 32.2 Å². The SMILES string of the molecule is CC(C)c1ccc(O)c(C(=O)NC2CCS(=O)(=O)C2)c1. The first-order chi connectivity index (χ1) is 9.28. The second-order valence-electron chi connectivity index (χ2n) is 5.50. The van der Waals surface area contributed by atoms with Gasteiger partial charge in [-0.3, -0.25) is 4.79 Å². The molecule has 1 unspecified atom stereocenters. The Hall–Kier alpha value is -1.56. The van der Waals surface area contributed by atoms with Crippen LogP contribution in [0, 0.1) is 0 Å². The average molecular weight is 297 g/mol. The minimum Gasteiger partial charge on any atom is -0.507 e. The van der Waals surface area contributed by atoms with Crippen LogP contribution in [-0.4, -0.2) is 37.0 Å². The number of sulfone groups is 1. The van der Waals surface area contributed by atoms with Gasteiger partial charge in [0.15, 0.2) is 9.84 Å². The second kappa shape index (κ2) is 5.44. The monoisotopic (exact) mass is 297 g/mol. The number of amides is 1. The number of benzene rings is 1. The molecule has 1 aromatic carbocycles. The highest BCUT2D eigenvalue weighted by molar-refractivity contribution is 7.91. The molecule has 1 aromatic rings. The molecule has 0 radical (unpaired) electrons. The van der Waals surface area contributed by atoms with Crippen molar-refractivity contribution < 1.29 is 18.3 Å². The number of phenolic OH excluding ortho intramolecular Hbond substituents is 1. The molecule has 0 aromatic heterocycles. The summed E-state index contributed by atoms with van der Waals surface area (Å²) in [6.45, 7) is 4.00. The van der Waals surface area contributed by atoms with E-state index in [0.717, 1.165) is 5.56 Å². The van der Waals surface area contributed by atoms with Crippen molar-refractivity contribution in [3.63, 3.8) is 0 Å². The van der Waals surface area contributed by atoms with Crippen LogP contribution in [0.1, 0.15) is 42.1 Å². The van der Waals surface area contributed by atoms with Gasteiger partial charge >= 0.3 is 0 Å². The Morgan fingerprint density at radius 3 is 2.65 bits per heavy atom. The number of hydrogen-bond acceptors (Lipinski definition) is 4. The van der Waals surface area contributed by atoms with E-state index in [9.17, 15) is 18.3 Å². The molecule has 1 heterocycles. The number of aromatic hydroxyl groups is 1. The number of carbonyl (C=O) groups is 1. The molecule has 0 saturated carbocycles. The Kier molecular flexibility index (Phi) is 4.04. The maximum absolute atomic E-state index is 12.1. The molecule has 2 rings (SSSR count). The van der Waals surface area contributed by atoms with Crippen molar-refractivity contribution >= 4 is 15.7 Å². The van der Waals surface area contributed by atoms with Gasteiger partial charge < -0.3 is 10.4 Å². The third-order valence-electron chi connectivity index (χ3n) is 3.50. The quantitative estimate of drug-likeness (QED) is 0.884. The van der Waals surface area contributed by atoms with E-state index in [0.29, 0.717) is 6.42 Å². The standard InChI is InChI=1S/C14H19NO4S/c1-9(2)10-3-4-13(16)12(7-10)14(17)15-11-5-6-20(18,19)8-11/h3-4,7,9,11,16H,5-6,8H2,1-2H3,(H,15,17). The van der Waals surface area contributed by atoms with Crippen LogP contribution in [0.25, 0.3) is 0 Å². The summed E-state index contributed by atoms with van der Waals surface area (Å²) in [6, 6.07) is 4.56. The lowest BCUT2D eigenvalue weighted by Crippen LogP contribution is -2.35. The van der Waals surface area contributed by atoms with Crippen molar-refractivity contribution in [2.75, 3.05) is 11.5 Å². The number of phenols is 1. The summed E-state index contributed by atoms with van der Waals surface area (Å²) >= 11 is 0.